The number of ketones is 1. The standard InChI is InChI=1S/C14H17N3OS/c1-10(2)11-4-6-12(7-5-11)13(18)8-19-14-15-9-16-17(14)3/h4-7,9-10H,8H2,1-3H3. The van der Waals surface area contributed by atoms with Crippen LogP contribution in [0.4, 0.5) is 0 Å². The number of aryl methyl sites for hydroxylation is 1. The van der Waals surface area contributed by atoms with Gasteiger partial charge in [-0.1, -0.05) is 49.9 Å². The number of hydrogen-bond donors (Lipinski definition) is 0. The second-order valence-corrected chi connectivity index (χ2v) is 5.60. The summed E-state index contributed by atoms with van der Waals surface area (Å²) in [6, 6.07) is 7.83. The maximum atomic E-state index is 12.1. The summed E-state index contributed by atoms with van der Waals surface area (Å²) in [5, 5.41) is 4.73. The molecule has 1 aromatic carbocycles. The summed E-state index contributed by atoms with van der Waals surface area (Å²) in [5.41, 5.74) is 2.00. The first-order valence-electron chi connectivity index (χ1n) is 6.18. The molecule has 0 fully saturated rings. The Morgan fingerprint density at radius 2 is 2.00 bits per heavy atom. The van der Waals surface area contributed by atoms with Gasteiger partial charge in [0.1, 0.15) is 6.33 Å². The van der Waals surface area contributed by atoms with Gasteiger partial charge in [0, 0.05) is 12.6 Å². The number of hydrogen-bond acceptors (Lipinski definition) is 4. The molecule has 0 saturated heterocycles. The van der Waals surface area contributed by atoms with E-state index < -0.39 is 0 Å². The van der Waals surface area contributed by atoms with Gasteiger partial charge in [0.2, 0.25) is 0 Å². The maximum absolute atomic E-state index is 12.1. The zero-order chi connectivity index (χ0) is 13.8. The van der Waals surface area contributed by atoms with E-state index in [0.717, 1.165) is 10.7 Å². The predicted octanol–water partition coefficient (Wildman–Crippen LogP) is 2.91. The fraction of sp³-hybridized carbons (Fsp3) is 0.357. The molecule has 0 amide bonds. The summed E-state index contributed by atoms with van der Waals surface area (Å²) >= 11 is 1.41. The molecule has 1 aromatic heterocycles. The van der Waals surface area contributed by atoms with Crippen molar-refractivity contribution >= 4 is 17.5 Å². The van der Waals surface area contributed by atoms with Gasteiger partial charge < -0.3 is 0 Å². The van der Waals surface area contributed by atoms with Crippen LogP contribution in [-0.2, 0) is 7.05 Å². The van der Waals surface area contributed by atoms with E-state index in [4.69, 9.17) is 0 Å². The molecule has 0 atom stereocenters. The topological polar surface area (TPSA) is 47.8 Å². The molecule has 0 aliphatic heterocycles. The second kappa shape index (κ2) is 6.02. The molecule has 0 radical (unpaired) electrons. The molecule has 0 saturated carbocycles. The van der Waals surface area contributed by atoms with Crippen molar-refractivity contribution in [1.29, 1.82) is 0 Å². The largest absolute Gasteiger partial charge is 0.293 e. The minimum atomic E-state index is 0.114. The van der Waals surface area contributed by atoms with Crippen molar-refractivity contribution in [3.63, 3.8) is 0 Å². The van der Waals surface area contributed by atoms with Crippen LogP contribution in [0, 0.1) is 0 Å². The third kappa shape index (κ3) is 3.44. The van der Waals surface area contributed by atoms with Gasteiger partial charge in [-0.05, 0) is 11.5 Å². The van der Waals surface area contributed by atoms with Gasteiger partial charge in [-0.25, -0.2) is 9.67 Å². The van der Waals surface area contributed by atoms with Crippen LogP contribution in [0.1, 0.15) is 35.7 Å². The number of carbonyl (C=O) groups is 1. The number of thioether (sulfide) groups is 1. The van der Waals surface area contributed by atoms with Crippen molar-refractivity contribution in [2.75, 3.05) is 5.75 Å². The molecule has 4 nitrogen and oxygen atoms in total. The zero-order valence-electron chi connectivity index (χ0n) is 11.3. The molecule has 2 rings (SSSR count). The SMILES string of the molecule is CC(C)c1ccc(C(=O)CSc2ncnn2C)cc1. The molecule has 0 aliphatic rings. The summed E-state index contributed by atoms with van der Waals surface area (Å²) in [5.74, 6) is 0.980. The molecular formula is C14H17N3OS. The monoisotopic (exact) mass is 275 g/mol. The minimum absolute atomic E-state index is 0.114. The quantitative estimate of drug-likeness (QED) is 0.622. The highest BCUT2D eigenvalue weighted by Gasteiger charge is 2.09. The Kier molecular flexibility index (Phi) is 4.37. The summed E-state index contributed by atoms with van der Waals surface area (Å²) in [6.07, 6.45) is 1.49. The molecule has 100 valence electrons. The Labute approximate surface area is 117 Å². The van der Waals surface area contributed by atoms with E-state index in [2.05, 4.69) is 23.9 Å². The van der Waals surface area contributed by atoms with Crippen molar-refractivity contribution in [2.24, 2.45) is 7.05 Å². The molecule has 5 heteroatoms. The first-order valence-corrected chi connectivity index (χ1v) is 7.16. The van der Waals surface area contributed by atoms with Gasteiger partial charge in [-0.2, -0.15) is 5.10 Å². The highest BCUT2D eigenvalue weighted by Crippen LogP contribution is 2.18. The Balaban J connectivity index is 1.98. The van der Waals surface area contributed by atoms with Crippen LogP contribution >= 0.6 is 11.8 Å². The van der Waals surface area contributed by atoms with Crippen LogP contribution in [-0.4, -0.2) is 26.3 Å². The van der Waals surface area contributed by atoms with E-state index in [1.54, 1.807) is 4.68 Å². The van der Waals surface area contributed by atoms with Crippen LogP contribution in [0.3, 0.4) is 0 Å². The summed E-state index contributed by atoms with van der Waals surface area (Å²) in [4.78, 5) is 16.1. The van der Waals surface area contributed by atoms with E-state index in [9.17, 15) is 4.79 Å². The van der Waals surface area contributed by atoms with Crippen LogP contribution < -0.4 is 0 Å². The average Bonchev–Trinajstić information content (AvgIpc) is 2.81. The lowest BCUT2D eigenvalue weighted by Crippen LogP contribution is -2.04. The average molecular weight is 275 g/mol. The van der Waals surface area contributed by atoms with Gasteiger partial charge in [0.05, 0.1) is 5.75 Å². The normalized spacial score (nSPS) is 10.9. The lowest BCUT2D eigenvalue weighted by molar-refractivity contribution is 0.102. The van der Waals surface area contributed by atoms with Crippen LogP contribution in [0.25, 0.3) is 0 Å². The molecular weight excluding hydrogens is 258 g/mol. The molecule has 0 spiro atoms. The molecule has 0 aliphatic carbocycles. The Hall–Kier alpha value is -1.62. The Morgan fingerprint density at radius 3 is 2.53 bits per heavy atom. The number of benzene rings is 1. The van der Waals surface area contributed by atoms with E-state index >= 15 is 0 Å². The third-order valence-electron chi connectivity index (χ3n) is 2.90. The first-order chi connectivity index (χ1) is 9.08. The molecule has 2 aromatic rings. The van der Waals surface area contributed by atoms with Crippen molar-refractivity contribution in [3.8, 4) is 0 Å². The van der Waals surface area contributed by atoms with Crippen LogP contribution in [0.15, 0.2) is 35.7 Å². The predicted molar refractivity (Wildman–Crippen MR) is 76.6 cm³/mol. The van der Waals surface area contributed by atoms with Crippen molar-refractivity contribution < 1.29 is 4.79 Å². The fourth-order valence-corrected chi connectivity index (χ4v) is 2.47. The van der Waals surface area contributed by atoms with Crippen molar-refractivity contribution in [1.82, 2.24) is 14.8 Å². The third-order valence-corrected chi connectivity index (χ3v) is 3.94. The number of rotatable bonds is 5. The van der Waals surface area contributed by atoms with E-state index in [-0.39, 0.29) is 5.78 Å². The lowest BCUT2D eigenvalue weighted by Gasteiger charge is -2.06. The van der Waals surface area contributed by atoms with Crippen LogP contribution in [0.2, 0.25) is 0 Å². The van der Waals surface area contributed by atoms with Gasteiger partial charge in [-0.15, -0.1) is 0 Å². The number of carbonyl (C=O) groups excluding carboxylic acids is 1. The van der Waals surface area contributed by atoms with E-state index in [0.29, 0.717) is 11.7 Å². The number of Topliss-reactive ketones (excluding diaryl/α,β-unsaturated/α-hetero) is 1. The molecule has 0 N–H and O–H groups in total. The summed E-state index contributed by atoms with van der Waals surface area (Å²) in [7, 11) is 1.82. The zero-order valence-corrected chi connectivity index (χ0v) is 12.1. The molecule has 19 heavy (non-hydrogen) atoms. The Bertz CT molecular complexity index is 560. The minimum Gasteiger partial charge on any atom is -0.293 e. The molecule has 1 heterocycles. The van der Waals surface area contributed by atoms with Gasteiger partial charge in [0.15, 0.2) is 10.9 Å². The van der Waals surface area contributed by atoms with Gasteiger partial charge in [-0.3, -0.25) is 4.79 Å². The first kappa shape index (κ1) is 13.8. The highest BCUT2D eigenvalue weighted by molar-refractivity contribution is 7.99. The summed E-state index contributed by atoms with van der Waals surface area (Å²) < 4.78 is 1.67. The maximum Gasteiger partial charge on any atom is 0.186 e. The highest BCUT2D eigenvalue weighted by atomic mass is 32.2. The molecule has 0 bridgehead atoms. The van der Waals surface area contributed by atoms with Gasteiger partial charge >= 0.3 is 0 Å². The van der Waals surface area contributed by atoms with Crippen LogP contribution in [0.5, 0.6) is 0 Å². The van der Waals surface area contributed by atoms with Crippen molar-refractivity contribution in [3.05, 3.63) is 41.7 Å². The molecule has 0 unspecified atom stereocenters. The number of nitrogens with zero attached hydrogens (tertiary/aromatic N) is 3. The fourth-order valence-electron chi connectivity index (χ4n) is 1.68. The number of aromatic nitrogens is 3. The van der Waals surface area contributed by atoms with E-state index in [1.165, 1.54) is 23.7 Å². The van der Waals surface area contributed by atoms with Crippen molar-refractivity contribution in [2.45, 2.75) is 24.9 Å². The van der Waals surface area contributed by atoms with E-state index in [1.807, 2.05) is 31.3 Å². The summed E-state index contributed by atoms with van der Waals surface area (Å²) in [6.45, 7) is 4.28. The second-order valence-electron chi connectivity index (χ2n) is 4.65. The smallest absolute Gasteiger partial charge is 0.186 e. The van der Waals surface area contributed by atoms with Gasteiger partial charge in [0.25, 0.3) is 0 Å². The lowest BCUT2D eigenvalue weighted by atomic mass is 10.0. The Morgan fingerprint density at radius 1 is 1.32 bits per heavy atom.